The zero-order valence-electron chi connectivity index (χ0n) is 10.6. The molecule has 0 saturated carbocycles. The standard InChI is InChI=1S/C9H19NO.C3H8O/c1-7(10)8-4-5-9(2,3)6-11-8;1-2-3-4/h7-8H,4-6,10H2,1-3H3;4H,2-3H2,1H3. The van der Waals surface area contributed by atoms with Gasteiger partial charge < -0.3 is 15.6 Å². The highest BCUT2D eigenvalue weighted by molar-refractivity contribution is 4.80. The average molecular weight is 217 g/mol. The fourth-order valence-electron chi connectivity index (χ4n) is 1.44. The Balaban J connectivity index is 0.000000423. The van der Waals surface area contributed by atoms with Crippen LogP contribution >= 0.6 is 0 Å². The van der Waals surface area contributed by atoms with Crippen LogP contribution in [0.15, 0.2) is 0 Å². The first kappa shape index (κ1) is 14.9. The zero-order valence-corrected chi connectivity index (χ0v) is 10.6. The molecule has 15 heavy (non-hydrogen) atoms. The van der Waals surface area contributed by atoms with Crippen LogP contribution < -0.4 is 5.73 Å². The third-order valence-electron chi connectivity index (χ3n) is 2.60. The molecule has 1 aliphatic rings. The van der Waals surface area contributed by atoms with E-state index in [1.165, 1.54) is 6.42 Å². The van der Waals surface area contributed by atoms with Crippen molar-refractivity contribution in [3.63, 3.8) is 0 Å². The largest absolute Gasteiger partial charge is 0.396 e. The minimum Gasteiger partial charge on any atom is -0.396 e. The van der Waals surface area contributed by atoms with E-state index in [9.17, 15) is 0 Å². The lowest BCUT2D eigenvalue weighted by atomic mass is 9.84. The molecule has 2 unspecified atom stereocenters. The minimum absolute atomic E-state index is 0.186. The first-order valence-corrected chi connectivity index (χ1v) is 5.91. The van der Waals surface area contributed by atoms with Gasteiger partial charge in [0.05, 0.1) is 12.7 Å². The van der Waals surface area contributed by atoms with Crippen LogP contribution in [0.5, 0.6) is 0 Å². The molecule has 1 saturated heterocycles. The van der Waals surface area contributed by atoms with Crippen LogP contribution in [-0.2, 0) is 4.74 Å². The molecule has 1 aliphatic heterocycles. The van der Waals surface area contributed by atoms with Gasteiger partial charge in [-0.3, -0.25) is 0 Å². The van der Waals surface area contributed by atoms with Gasteiger partial charge in [-0.2, -0.15) is 0 Å². The SMILES string of the molecule is CC(N)C1CCC(C)(C)CO1.CCCO. The van der Waals surface area contributed by atoms with Crippen molar-refractivity contribution in [1.29, 1.82) is 0 Å². The summed E-state index contributed by atoms with van der Waals surface area (Å²) < 4.78 is 5.63. The number of aliphatic hydroxyl groups is 1. The number of hydrogen-bond acceptors (Lipinski definition) is 3. The Morgan fingerprint density at radius 1 is 1.53 bits per heavy atom. The van der Waals surface area contributed by atoms with E-state index in [-0.39, 0.29) is 6.04 Å². The lowest BCUT2D eigenvalue weighted by molar-refractivity contribution is -0.0562. The molecule has 0 spiro atoms. The molecule has 3 nitrogen and oxygen atoms in total. The van der Waals surface area contributed by atoms with Crippen LogP contribution in [0.3, 0.4) is 0 Å². The molecule has 0 aromatic rings. The lowest BCUT2D eigenvalue weighted by Gasteiger charge is -2.36. The highest BCUT2D eigenvalue weighted by atomic mass is 16.5. The van der Waals surface area contributed by atoms with E-state index in [1.54, 1.807) is 0 Å². The normalized spacial score (nSPS) is 26.4. The van der Waals surface area contributed by atoms with Crippen molar-refractivity contribution >= 4 is 0 Å². The van der Waals surface area contributed by atoms with Gasteiger partial charge in [-0.1, -0.05) is 20.8 Å². The van der Waals surface area contributed by atoms with Crippen molar-refractivity contribution in [1.82, 2.24) is 0 Å². The van der Waals surface area contributed by atoms with E-state index in [0.717, 1.165) is 19.4 Å². The molecule has 1 rings (SSSR count). The van der Waals surface area contributed by atoms with Gasteiger partial charge in [-0.25, -0.2) is 0 Å². The van der Waals surface area contributed by atoms with Crippen molar-refractivity contribution < 1.29 is 9.84 Å². The van der Waals surface area contributed by atoms with Crippen molar-refractivity contribution in [3.05, 3.63) is 0 Å². The Morgan fingerprint density at radius 2 is 2.07 bits per heavy atom. The third kappa shape index (κ3) is 6.88. The molecule has 0 bridgehead atoms. The van der Waals surface area contributed by atoms with Gasteiger partial charge in [0.1, 0.15) is 0 Å². The minimum atomic E-state index is 0.186. The van der Waals surface area contributed by atoms with Crippen molar-refractivity contribution in [3.8, 4) is 0 Å². The van der Waals surface area contributed by atoms with E-state index in [2.05, 4.69) is 13.8 Å². The maximum absolute atomic E-state index is 7.88. The Bertz CT molecular complexity index is 146. The molecular weight excluding hydrogens is 190 g/mol. The molecule has 0 radical (unpaired) electrons. The van der Waals surface area contributed by atoms with E-state index in [1.807, 2.05) is 13.8 Å². The summed E-state index contributed by atoms with van der Waals surface area (Å²) in [5.74, 6) is 0. The van der Waals surface area contributed by atoms with Crippen molar-refractivity contribution in [2.45, 2.75) is 59.1 Å². The maximum Gasteiger partial charge on any atom is 0.0723 e. The quantitative estimate of drug-likeness (QED) is 0.743. The van der Waals surface area contributed by atoms with Gasteiger partial charge in [-0.15, -0.1) is 0 Å². The average Bonchev–Trinajstić information content (AvgIpc) is 2.17. The molecule has 0 aliphatic carbocycles. The van der Waals surface area contributed by atoms with Crippen LogP contribution in [0, 0.1) is 5.41 Å². The van der Waals surface area contributed by atoms with E-state index >= 15 is 0 Å². The molecule has 1 fully saturated rings. The molecule has 92 valence electrons. The summed E-state index contributed by atoms with van der Waals surface area (Å²) in [7, 11) is 0. The van der Waals surface area contributed by atoms with Gasteiger partial charge in [-0.05, 0) is 31.6 Å². The van der Waals surface area contributed by atoms with E-state index in [0.29, 0.717) is 18.1 Å². The predicted octanol–water partition coefficient (Wildman–Crippen LogP) is 1.93. The van der Waals surface area contributed by atoms with Gasteiger partial charge in [0.25, 0.3) is 0 Å². The molecule has 1 heterocycles. The van der Waals surface area contributed by atoms with Gasteiger partial charge >= 0.3 is 0 Å². The van der Waals surface area contributed by atoms with Gasteiger partial charge in [0.15, 0.2) is 0 Å². The highest BCUT2D eigenvalue weighted by Crippen LogP contribution is 2.30. The summed E-state index contributed by atoms with van der Waals surface area (Å²) in [5.41, 5.74) is 6.10. The summed E-state index contributed by atoms with van der Waals surface area (Å²) in [6, 6.07) is 0.186. The van der Waals surface area contributed by atoms with Crippen molar-refractivity contribution in [2.24, 2.45) is 11.1 Å². The van der Waals surface area contributed by atoms with E-state index < -0.39 is 0 Å². The Morgan fingerprint density at radius 3 is 2.33 bits per heavy atom. The summed E-state index contributed by atoms with van der Waals surface area (Å²) in [5, 5.41) is 7.88. The smallest absolute Gasteiger partial charge is 0.0723 e. The van der Waals surface area contributed by atoms with Crippen LogP contribution in [0.25, 0.3) is 0 Å². The molecule has 3 heteroatoms. The van der Waals surface area contributed by atoms with Crippen molar-refractivity contribution in [2.75, 3.05) is 13.2 Å². The van der Waals surface area contributed by atoms with Gasteiger partial charge in [0.2, 0.25) is 0 Å². The maximum atomic E-state index is 7.88. The number of rotatable bonds is 2. The first-order valence-electron chi connectivity index (χ1n) is 5.91. The number of hydrogen-bond donors (Lipinski definition) is 2. The molecule has 0 amide bonds. The molecule has 0 aromatic heterocycles. The number of aliphatic hydroxyl groups excluding tert-OH is 1. The first-order chi connectivity index (χ1) is 6.93. The monoisotopic (exact) mass is 217 g/mol. The third-order valence-corrected chi connectivity index (χ3v) is 2.60. The van der Waals surface area contributed by atoms with Crippen LogP contribution in [-0.4, -0.2) is 30.5 Å². The second-order valence-electron chi connectivity index (χ2n) is 5.14. The van der Waals surface area contributed by atoms with Crippen LogP contribution in [0.2, 0.25) is 0 Å². The number of nitrogens with two attached hydrogens (primary N) is 1. The van der Waals surface area contributed by atoms with Crippen LogP contribution in [0.4, 0.5) is 0 Å². The summed E-state index contributed by atoms with van der Waals surface area (Å²) in [6.07, 6.45) is 3.52. The molecular formula is C12H27NO2. The van der Waals surface area contributed by atoms with E-state index in [4.69, 9.17) is 15.6 Å². The molecule has 3 N–H and O–H groups in total. The Hall–Kier alpha value is -0.120. The predicted molar refractivity (Wildman–Crippen MR) is 63.8 cm³/mol. The fourth-order valence-corrected chi connectivity index (χ4v) is 1.44. The number of ether oxygens (including phenoxy) is 1. The zero-order chi connectivity index (χ0) is 11.9. The Kier molecular flexibility index (Phi) is 7.14. The summed E-state index contributed by atoms with van der Waals surface area (Å²) >= 11 is 0. The topological polar surface area (TPSA) is 55.5 Å². The Labute approximate surface area is 94.0 Å². The second kappa shape index (κ2) is 7.20. The van der Waals surface area contributed by atoms with Gasteiger partial charge in [0, 0.05) is 12.6 Å². The second-order valence-corrected chi connectivity index (χ2v) is 5.14. The molecule has 0 aromatic carbocycles. The molecule has 2 atom stereocenters. The fraction of sp³-hybridized carbons (Fsp3) is 1.00. The highest BCUT2D eigenvalue weighted by Gasteiger charge is 2.28. The van der Waals surface area contributed by atoms with Crippen LogP contribution in [0.1, 0.15) is 47.0 Å². The summed E-state index contributed by atoms with van der Waals surface area (Å²) in [4.78, 5) is 0. The lowest BCUT2D eigenvalue weighted by Crippen LogP contribution is -2.41. The summed E-state index contributed by atoms with van der Waals surface area (Å²) in [6.45, 7) is 9.61.